The third-order valence-corrected chi connectivity index (χ3v) is 4.64. The SMILES string of the molecule is C=C(C#N)C(=O)Nc1ccc(F)c(Oc2ncnc(N)c2-c2ccc(Oc3ccccc3)nc2)c1. The average molecular weight is 468 g/mol. The van der Waals surface area contributed by atoms with Crippen LogP contribution in [-0.4, -0.2) is 20.9 Å². The van der Waals surface area contributed by atoms with Crippen molar-refractivity contribution < 1.29 is 18.7 Å². The molecule has 0 bridgehead atoms. The molecule has 0 saturated heterocycles. The maximum absolute atomic E-state index is 14.5. The van der Waals surface area contributed by atoms with Gasteiger partial charge in [-0.25, -0.2) is 19.3 Å². The molecule has 10 heteroatoms. The van der Waals surface area contributed by atoms with E-state index in [0.29, 0.717) is 17.2 Å². The molecular formula is C25H17FN6O3. The van der Waals surface area contributed by atoms with Crippen LogP contribution in [0, 0.1) is 17.1 Å². The van der Waals surface area contributed by atoms with E-state index in [1.165, 1.54) is 24.7 Å². The van der Waals surface area contributed by atoms with Gasteiger partial charge in [-0.1, -0.05) is 24.8 Å². The molecule has 0 unspecified atom stereocenters. The molecule has 2 aromatic carbocycles. The lowest BCUT2D eigenvalue weighted by atomic mass is 10.1. The predicted octanol–water partition coefficient (Wildman–Crippen LogP) is 4.86. The van der Waals surface area contributed by atoms with Crippen LogP contribution in [0.15, 0.2) is 85.3 Å². The Morgan fingerprint density at radius 2 is 1.86 bits per heavy atom. The van der Waals surface area contributed by atoms with Crippen molar-refractivity contribution in [3.63, 3.8) is 0 Å². The average Bonchev–Trinajstić information content (AvgIpc) is 2.87. The zero-order valence-corrected chi connectivity index (χ0v) is 18.1. The van der Waals surface area contributed by atoms with Crippen LogP contribution in [0.3, 0.4) is 0 Å². The summed E-state index contributed by atoms with van der Waals surface area (Å²) < 4.78 is 25.9. The number of nitrogens with zero attached hydrogens (tertiary/aromatic N) is 4. The van der Waals surface area contributed by atoms with Gasteiger partial charge in [0.15, 0.2) is 11.6 Å². The topological polar surface area (TPSA) is 136 Å². The van der Waals surface area contributed by atoms with E-state index in [0.717, 1.165) is 6.07 Å². The summed E-state index contributed by atoms with van der Waals surface area (Å²) in [6.07, 6.45) is 2.68. The normalized spacial score (nSPS) is 10.2. The third-order valence-electron chi connectivity index (χ3n) is 4.64. The maximum atomic E-state index is 14.5. The molecule has 0 fully saturated rings. The zero-order valence-electron chi connectivity index (χ0n) is 18.1. The van der Waals surface area contributed by atoms with Crippen LogP contribution in [-0.2, 0) is 4.79 Å². The number of rotatable bonds is 7. The molecule has 4 rings (SSSR count). The van der Waals surface area contributed by atoms with Crippen molar-refractivity contribution in [1.82, 2.24) is 15.0 Å². The van der Waals surface area contributed by atoms with Gasteiger partial charge in [-0.2, -0.15) is 5.26 Å². The number of nitrogen functional groups attached to an aromatic ring is 1. The summed E-state index contributed by atoms with van der Waals surface area (Å²) in [5, 5.41) is 11.2. The van der Waals surface area contributed by atoms with E-state index in [1.807, 2.05) is 18.2 Å². The molecule has 1 amide bonds. The number of benzene rings is 2. The van der Waals surface area contributed by atoms with Crippen molar-refractivity contribution in [2.75, 3.05) is 11.1 Å². The molecule has 2 aromatic heterocycles. The molecule has 0 aliphatic rings. The maximum Gasteiger partial charge on any atom is 0.265 e. The molecule has 9 nitrogen and oxygen atoms in total. The molecule has 172 valence electrons. The van der Waals surface area contributed by atoms with Gasteiger partial charge >= 0.3 is 0 Å². The second-order valence-corrected chi connectivity index (χ2v) is 7.03. The predicted molar refractivity (Wildman–Crippen MR) is 126 cm³/mol. The van der Waals surface area contributed by atoms with E-state index < -0.39 is 11.7 Å². The van der Waals surface area contributed by atoms with Crippen LogP contribution < -0.4 is 20.5 Å². The Labute approximate surface area is 199 Å². The molecule has 2 heterocycles. The quantitative estimate of drug-likeness (QED) is 0.290. The number of anilines is 2. The molecule has 0 aliphatic carbocycles. The molecule has 0 saturated carbocycles. The molecule has 3 N–H and O–H groups in total. The number of halogens is 1. The lowest BCUT2D eigenvalue weighted by Gasteiger charge is -2.13. The second-order valence-electron chi connectivity index (χ2n) is 7.03. The number of carbonyl (C=O) groups excluding carboxylic acids is 1. The summed E-state index contributed by atoms with van der Waals surface area (Å²) in [7, 11) is 0. The van der Waals surface area contributed by atoms with Crippen LogP contribution in [0.5, 0.6) is 23.3 Å². The van der Waals surface area contributed by atoms with Gasteiger partial charge in [0.1, 0.15) is 29.5 Å². The first kappa shape index (κ1) is 22.9. The summed E-state index contributed by atoms with van der Waals surface area (Å²) in [5.74, 6) is -0.632. The fourth-order valence-electron chi connectivity index (χ4n) is 2.95. The molecule has 0 radical (unpaired) electrons. The van der Waals surface area contributed by atoms with Crippen LogP contribution >= 0.6 is 0 Å². The Morgan fingerprint density at radius 3 is 2.57 bits per heavy atom. The highest BCUT2D eigenvalue weighted by Crippen LogP contribution is 2.36. The van der Waals surface area contributed by atoms with Crippen LogP contribution in [0.25, 0.3) is 11.1 Å². The van der Waals surface area contributed by atoms with Crippen LogP contribution in [0.1, 0.15) is 0 Å². The van der Waals surface area contributed by atoms with E-state index in [4.69, 9.17) is 20.5 Å². The van der Waals surface area contributed by atoms with Crippen LogP contribution in [0.2, 0.25) is 0 Å². The van der Waals surface area contributed by atoms with Crippen LogP contribution in [0.4, 0.5) is 15.9 Å². The number of ether oxygens (including phenoxy) is 2. The Bertz CT molecular complexity index is 1440. The van der Waals surface area contributed by atoms with Crippen molar-refractivity contribution in [1.29, 1.82) is 5.26 Å². The smallest absolute Gasteiger partial charge is 0.265 e. The number of hydrogen-bond acceptors (Lipinski definition) is 8. The number of carbonyl (C=O) groups is 1. The van der Waals surface area contributed by atoms with Gasteiger partial charge in [-0.05, 0) is 30.3 Å². The Kier molecular flexibility index (Phi) is 6.60. The monoisotopic (exact) mass is 468 g/mol. The standard InChI is InChI=1S/C25H17FN6O3/c1-15(12-27)24(33)32-17-8-9-19(26)20(11-17)35-25-22(23(28)30-14-31-25)16-7-10-21(29-13-16)34-18-5-3-2-4-6-18/h2-11,13-14H,1H2,(H,32,33)(H2,28,30,31). The van der Waals surface area contributed by atoms with Gasteiger partial charge in [-0.15, -0.1) is 0 Å². The molecule has 0 aliphatic heterocycles. The fourth-order valence-corrected chi connectivity index (χ4v) is 2.95. The number of hydrogen-bond donors (Lipinski definition) is 2. The first-order chi connectivity index (χ1) is 16.9. The van der Waals surface area contributed by atoms with Crippen molar-refractivity contribution >= 4 is 17.4 Å². The summed E-state index contributed by atoms with van der Waals surface area (Å²) in [6, 6.07) is 17.8. The van der Waals surface area contributed by atoms with Crippen molar-refractivity contribution in [3.8, 4) is 40.5 Å². The summed E-state index contributed by atoms with van der Waals surface area (Å²) >= 11 is 0. The van der Waals surface area contributed by atoms with E-state index in [9.17, 15) is 9.18 Å². The summed E-state index contributed by atoms with van der Waals surface area (Å²) in [5.41, 5.74) is 6.76. The first-order valence-corrected chi connectivity index (χ1v) is 10.1. The van der Waals surface area contributed by atoms with E-state index in [1.54, 1.807) is 30.3 Å². The van der Waals surface area contributed by atoms with E-state index in [-0.39, 0.29) is 34.3 Å². The number of aromatic nitrogens is 3. The number of para-hydroxylation sites is 1. The van der Waals surface area contributed by atoms with Gasteiger partial charge in [0.2, 0.25) is 11.8 Å². The summed E-state index contributed by atoms with van der Waals surface area (Å²) in [6.45, 7) is 3.34. The van der Waals surface area contributed by atoms with Crippen molar-refractivity contribution in [2.45, 2.75) is 0 Å². The largest absolute Gasteiger partial charge is 0.439 e. The Morgan fingerprint density at radius 1 is 1.06 bits per heavy atom. The highest BCUT2D eigenvalue weighted by atomic mass is 19.1. The molecule has 0 spiro atoms. The minimum Gasteiger partial charge on any atom is -0.439 e. The zero-order chi connectivity index (χ0) is 24.8. The highest BCUT2D eigenvalue weighted by Gasteiger charge is 2.17. The van der Waals surface area contributed by atoms with Gasteiger partial charge in [0, 0.05) is 29.6 Å². The summed E-state index contributed by atoms with van der Waals surface area (Å²) in [4.78, 5) is 24.3. The lowest BCUT2D eigenvalue weighted by molar-refractivity contribution is -0.112. The number of nitrogens with two attached hydrogens (primary N) is 1. The number of nitrogens with one attached hydrogen (secondary N) is 1. The van der Waals surface area contributed by atoms with Crippen molar-refractivity contribution in [3.05, 3.63) is 91.2 Å². The highest BCUT2D eigenvalue weighted by molar-refractivity contribution is 6.06. The fraction of sp³-hybridized carbons (Fsp3) is 0. The Balaban J connectivity index is 1.61. The van der Waals surface area contributed by atoms with E-state index >= 15 is 0 Å². The number of amides is 1. The minimum absolute atomic E-state index is 0.0279. The molecule has 35 heavy (non-hydrogen) atoms. The van der Waals surface area contributed by atoms with Gasteiger partial charge < -0.3 is 20.5 Å². The van der Waals surface area contributed by atoms with Gasteiger partial charge in [0.25, 0.3) is 5.91 Å². The lowest BCUT2D eigenvalue weighted by Crippen LogP contribution is -2.12. The first-order valence-electron chi connectivity index (χ1n) is 10.1. The number of pyridine rings is 1. The molecular weight excluding hydrogens is 451 g/mol. The van der Waals surface area contributed by atoms with Gasteiger partial charge in [0.05, 0.1) is 5.56 Å². The van der Waals surface area contributed by atoms with E-state index in [2.05, 4.69) is 26.8 Å². The number of nitriles is 1. The second kappa shape index (κ2) is 10.1. The minimum atomic E-state index is -0.721. The molecule has 4 aromatic rings. The van der Waals surface area contributed by atoms with Crippen molar-refractivity contribution in [2.24, 2.45) is 0 Å². The Hall–Kier alpha value is -5.30. The third kappa shape index (κ3) is 5.37. The molecule has 0 atom stereocenters. The van der Waals surface area contributed by atoms with Gasteiger partial charge in [-0.3, -0.25) is 4.79 Å².